The lowest BCUT2D eigenvalue weighted by Gasteiger charge is -2.31. The molecule has 0 radical (unpaired) electrons. The maximum absolute atomic E-state index is 4.94. The topological polar surface area (TPSA) is 173 Å². The van der Waals surface area contributed by atoms with E-state index < -0.39 is 0 Å². The van der Waals surface area contributed by atoms with Crippen molar-refractivity contribution in [3.05, 3.63) is 121 Å². The van der Waals surface area contributed by atoms with E-state index in [1.165, 1.54) is 55.5 Å². The normalized spacial score (nSPS) is 14.3. The van der Waals surface area contributed by atoms with E-state index in [4.69, 9.17) is 9.97 Å². The van der Waals surface area contributed by atoms with Gasteiger partial charge in [0.2, 0.25) is 0 Å². The van der Waals surface area contributed by atoms with E-state index in [0.717, 1.165) is 116 Å². The molecule has 11 heterocycles. The van der Waals surface area contributed by atoms with Crippen molar-refractivity contribution < 1.29 is 0 Å². The molecule has 0 bridgehead atoms. The summed E-state index contributed by atoms with van der Waals surface area (Å²) >= 11 is 0. The zero-order valence-corrected chi connectivity index (χ0v) is 37.0. The molecule has 0 saturated carbocycles. The molecule has 14 nitrogen and oxygen atoms in total. The van der Waals surface area contributed by atoms with Crippen LogP contribution in [-0.4, -0.2) is 91.3 Å². The molecule has 0 unspecified atom stereocenters. The number of nitrogens with one attached hydrogen (secondary N) is 4. The number of allylic oxidation sites excluding steroid dienone is 2. The molecule has 0 spiro atoms. The summed E-state index contributed by atoms with van der Waals surface area (Å²) in [6.45, 7) is 16.5. The Labute approximate surface area is 372 Å². The smallest absolute Gasteiger partial charge is 0.139 e. The number of aromatic amines is 4. The SMILES string of the molecule is C=C/C=C(\c1cc(-c2n[nH]c3ccc(-c4cncc(C)c4)nc23)[nH]c1C)N1CCCCC1.CC.c1cnc(-c2ccc3[nH]nc(-c4cc5c(N6CCCCC6)ccnc5[nH]4)c3n2)cn1. The first-order valence-electron chi connectivity index (χ1n) is 22.4. The standard InChI is InChI=1S/C26H28N6.C22H20N8.C2H6/c1-4-8-24(32-11-6-5-7-12-32)20-14-23(28-18(20)3)26-25-22(30-31-26)10-9-21(29-25)19-13-17(2)15-27-16-19;1-2-10-30(11-3-1)19-6-7-25-22-14(19)12-17(27-22)21-20-16(28-29-21)5-4-15(26-20)18-13-23-8-9-24-18;1-2/h4,8-10,13-16,28H,1,5-7,11-12H2,2-3H3,(H,30,31);4-9,12-13H,1-3,10-11H2,(H,25,27)(H,28,29);1-2H3/b24-8+;;. The van der Waals surface area contributed by atoms with Gasteiger partial charge in [0, 0.05) is 90.8 Å². The van der Waals surface area contributed by atoms with Gasteiger partial charge in [0.1, 0.15) is 33.8 Å². The van der Waals surface area contributed by atoms with Gasteiger partial charge < -0.3 is 19.8 Å². The molecule has 0 amide bonds. The van der Waals surface area contributed by atoms with Gasteiger partial charge in [0.05, 0.1) is 40.0 Å². The van der Waals surface area contributed by atoms with Gasteiger partial charge in [0.25, 0.3) is 0 Å². The Morgan fingerprint density at radius 3 is 2.03 bits per heavy atom. The Hall–Kier alpha value is -7.48. The second-order valence-corrected chi connectivity index (χ2v) is 16.1. The van der Waals surface area contributed by atoms with Crippen LogP contribution in [0, 0.1) is 13.8 Å². The van der Waals surface area contributed by atoms with Crippen molar-refractivity contribution in [3.8, 4) is 45.4 Å². The summed E-state index contributed by atoms with van der Waals surface area (Å²) in [6.07, 6.45) is 22.2. The summed E-state index contributed by atoms with van der Waals surface area (Å²) in [6, 6.07) is 16.5. The molecule has 2 fully saturated rings. The van der Waals surface area contributed by atoms with E-state index in [9.17, 15) is 0 Å². The first kappa shape index (κ1) is 41.9. The highest BCUT2D eigenvalue weighted by atomic mass is 15.2. The van der Waals surface area contributed by atoms with Gasteiger partial charge >= 0.3 is 0 Å². The molecule has 14 heteroatoms. The van der Waals surface area contributed by atoms with E-state index in [1.807, 2.05) is 69.7 Å². The molecule has 324 valence electrons. The number of anilines is 1. The number of aryl methyl sites for hydroxylation is 2. The summed E-state index contributed by atoms with van der Waals surface area (Å²) < 4.78 is 0. The molecule has 64 heavy (non-hydrogen) atoms. The van der Waals surface area contributed by atoms with Gasteiger partial charge in [-0.2, -0.15) is 10.2 Å². The quantitative estimate of drug-likeness (QED) is 0.108. The van der Waals surface area contributed by atoms with Gasteiger partial charge in [-0.1, -0.05) is 26.5 Å². The minimum atomic E-state index is 0.734. The third-order valence-corrected chi connectivity index (χ3v) is 11.8. The molecule has 9 aromatic rings. The third kappa shape index (κ3) is 8.50. The fourth-order valence-electron chi connectivity index (χ4n) is 8.72. The average Bonchev–Trinajstić information content (AvgIpc) is 4.17. The van der Waals surface area contributed by atoms with Crippen LogP contribution in [0.2, 0.25) is 0 Å². The number of hydrogen-bond donors (Lipinski definition) is 4. The summed E-state index contributed by atoms with van der Waals surface area (Å²) in [5.41, 5.74) is 17.0. The van der Waals surface area contributed by atoms with Crippen molar-refractivity contribution >= 4 is 44.5 Å². The molecule has 0 aromatic carbocycles. The molecule has 2 saturated heterocycles. The average molecular weight is 851 g/mol. The van der Waals surface area contributed by atoms with Crippen LogP contribution in [-0.2, 0) is 0 Å². The highest BCUT2D eigenvalue weighted by Gasteiger charge is 2.22. The minimum absolute atomic E-state index is 0.734. The van der Waals surface area contributed by atoms with Crippen LogP contribution in [0.25, 0.3) is 84.2 Å². The van der Waals surface area contributed by atoms with Crippen LogP contribution in [0.15, 0.2) is 104 Å². The second kappa shape index (κ2) is 18.9. The van der Waals surface area contributed by atoms with Crippen molar-refractivity contribution in [1.82, 2.24) is 65.2 Å². The lowest BCUT2D eigenvalue weighted by atomic mass is 10.1. The number of likely N-dealkylation sites (tertiary alicyclic amines) is 1. The maximum Gasteiger partial charge on any atom is 0.139 e. The van der Waals surface area contributed by atoms with Gasteiger partial charge in [-0.05, 0) is 113 Å². The molecule has 0 atom stereocenters. The van der Waals surface area contributed by atoms with Gasteiger partial charge in [-0.15, -0.1) is 0 Å². The number of fused-ring (bicyclic) bond motifs is 3. The van der Waals surface area contributed by atoms with Crippen LogP contribution in [0.5, 0.6) is 0 Å². The zero-order valence-electron chi connectivity index (χ0n) is 37.0. The third-order valence-electron chi connectivity index (χ3n) is 11.8. The van der Waals surface area contributed by atoms with E-state index in [1.54, 1.807) is 18.6 Å². The maximum atomic E-state index is 4.94. The fourth-order valence-corrected chi connectivity index (χ4v) is 8.72. The Balaban J connectivity index is 0.000000156. The van der Waals surface area contributed by atoms with Gasteiger partial charge in [0.15, 0.2) is 0 Å². The summed E-state index contributed by atoms with van der Waals surface area (Å²) in [5.74, 6) is 0. The molecule has 11 rings (SSSR count). The van der Waals surface area contributed by atoms with Crippen LogP contribution in [0.4, 0.5) is 5.69 Å². The number of piperidine rings is 2. The predicted octanol–water partition coefficient (Wildman–Crippen LogP) is 10.6. The van der Waals surface area contributed by atoms with Crippen LogP contribution < -0.4 is 4.90 Å². The second-order valence-electron chi connectivity index (χ2n) is 16.1. The first-order valence-corrected chi connectivity index (χ1v) is 22.4. The van der Waals surface area contributed by atoms with E-state index >= 15 is 0 Å². The molecular formula is C50H54N14. The molecule has 4 N–H and O–H groups in total. The van der Waals surface area contributed by atoms with Crippen LogP contribution in [0.3, 0.4) is 0 Å². The number of rotatable bonds is 8. The van der Waals surface area contributed by atoms with E-state index in [0.29, 0.717) is 0 Å². The Bertz CT molecular complexity index is 3050. The van der Waals surface area contributed by atoms with Gasteiger partial charge in [-0.3, -0.25) is 25.1 Å². The number of H-pyrrole nitrogens is 4. The Morgan fingerprint density at radius 2 is 1.34 bits per heavy atom. The van der Waals surface area contributed by atoms with Crippen molar-refractivity contribution in [1.29, 1.82) is 0 Å². The molecule has 9 aromatic heterocycles. The summed E-state index contributed by atoms with van der Waals surface area (Å²) in [4.78, 5) is 39.0. The lowest BCUT2D eigenvalue weighted by molar-refractivity contribution is 0.326. The van der Waals surface area contributed by atoms with Crippen molar-refractivity contribution in [2.75, 3.05) is 31.1 Å². The van der Waals surface area contributed by atoms with Crippen LogP contribution >= 0.6 is 0 Å². The molecule has 2 aliphatic rings. The largest absolute Gasteiger partial charge is 0.371 e. The zero-order chi connectivity index (χ0) is 44.0. The van der Waals surface area contributed by atoms with Gasteiger partial charge in [-0.25, -0.2) is 15.0 Å². The summed E-state index contributed by atoms with van der Waals surface area (Å²) in [5, 5.41) is 16.5. The first-order chi connectivity index (χ1) is 31.5. The van der Waals surface area contributed by atoms with Crippen molar-refractivity contribution in [2.45, 2.75) is 66.2 Å². The lowest BCUT2D eigenvalue weighted by Crippen LogP contribution is -2.29. The predicted molar refractivity (Wildman–Crippen MR) is 257 cm³/mol. The molecule has 2 aliphatic heterocycles. The fraction of sp³-hybridized carbons (Fsp3) is 0.280. The van der Waals surface area contributed by atoms with E-state index in [2.05, 4.69) is 104 Å². The number of pyridine rings is 4. The van der Waals surface area contributed by atoms with Crippen LogP contribution in [0.1, 0.15) is 69.2 Å². The number of nitrogens with zero attached hydrogens (tertiary/aromatic N) is 10. The number of hydrogen-bond acceptors (Lipinski definition) is 10. The molecule has 0 aliphatic carbocycles. The molecular weight excluding hydrogens is 797 g/mol. The minimum Gasteiger partial charge on any atom is -0.371 e. The van der Waals surface area contributed by atoms with Crippen molar-refractivity contribution in [3.63, 3.8) is 0 Å². The summed E-state index contributed by atoms with van der Waals surface area (Å²) in [7, 11) is 0. The van der Waals surface area contributed by atoms with Crippen molar-refractivity contribution in [2.24, 2.45) is 0 Å². The Morgan fingerprint density at radius 1 is 0.656 bits per heavy atom. The van der Waals surface area contributed by atoms with E-state index in [-0.39, 0.29) is 0 Å². The number of aromatic nitrogens is 12. The Kier molecular flexibility index (Phi) is 12.3. The highest BCUT2D eigenvalue weighted by Crippen LogP contribution is 2.35. The monoisotopic (exact) mass is 850 g/mol. The highest BCUT2D eigenvalue weighted by molar-refractivity contribution is 5.98.